The maximum absolute atomic E-state index is 12.9. The molecule has 2 aliphatic heterocycles. The number of urea groups is 1. The molecule has 0 aromatic carbocycles. The molecule has 1 aromatic heterocycles. The molecule has 0 spiro atoms. The van der Waals surface area contributed by atoms with Gasteiger partial charge in [-0.15, -0.1) is 0 Å². The molecule has 28 heavy (non-hydrogen) atoms. The van der Waals surface area contributed by atoms with Crippen molar-refractivity contribution in [2.75, 3.05) is 37.7 Å². The molecular weight excluding hydrogens is 358 g/mol. The standard InChI is InChI=1S/C20H27N5O3/c1-15-4-2-3-5-17(15)25-19(27)18(26)24(20(25)28)14-22-10-12-23(13-11-22)16-6-8-21-9-7-16/h6-9,15,17H,2-5,10-14H2,1H3/t15-,17-/m0/s1. The lowest BCUT2D eigenvalue weighted by Crippen LogP contribution is -2.52. The van der Waals surface area contributed by atoms with E-state index in [-0.39, 0.29) is 18.6 Å². The van der Waals surface area contributed by atoms with E-state index < -0.39 is 17.8 Å². The Kier molecular flexibility index (Phi) is 5.30. The number of nitrogens with zero attached hydrogens (tertiary/aromatic N) is 5. The highest BCUT2D eigenvalue weighted by Gasteiger charge is 2.49. The Morgan fingerprint density at radius 2 is 1.64 bits per heavy atom. The summed E-state index contributed by atoms with van der Waals surface area (Å²) in [6, 6.07) is 3.37. The van der Waals surface area contributed by atoms with Gasteiger partial charge in [0.05, 0.1) is 6.67 Å². The van der Waals surface area contributed by atoms with Crippen LogP contribution in [0.1, 0.15) is 32.6 Å². The first kappa shape index (κ1) is 18.9. The Bertz CT molecular complexity index is 747. The van der Waals surface area contributed by atoms with E-state index in [1.54, 1.807) is 12.4 Å². The fourth-order valence-electron chi connectivity index (χ4n) is 4.52. The third-order valence-corrected chi connectivity index (χ3v) is 6.22. The smallest absolute Gasteiger partial charge is 0.335 e. The largest absolute Gasteiger partial charge is 0.369 e. The maximum atomic E-state index is 12.9. The van der Waals surface area contributed by atoms with Crippen molar-refractivity contribution in [2.45, 2.75) is 38.6 Å². The summed E-state index contributed by atoms with van der Waals surface area (Å²) in [5, 5.41) is 0. The fourth-order valence-corrected chi connectivity index (χ4v) is 4.52. The third-order valence-electron chi connectivity index (χ3n) is 6.22. The van der Waals surface area contributed by atoms with Gasteiger partial charge in [-0.1, -0.05) is 19.8 Å². The SMILES string of the molecule is C[C@H]1CCCC[C@@H]1N1C(=O)C(=O)N(CN2CCN(c3ccncc3)CC2)C1=O. The van der Waals surface area contributed by atoms with Crippen LogP contribution in [0.4, 0.5) is 10.5 Å². The van der Waals surface area contributed by atoms with E-state index in [1.165, 1.54) is 4.90 Å². The molecule has 4 amide bonds. The molecular formula is C20H27N5O3. The van der Waals surface area contributed by atoms with Crippen LogP contribution in [0.5, 0.6) is 0 Å². The van der Waals surface area contributed by atoms with Gasteiger partial charge in [-0.25, -0.2) is 9.69 Å². The van der Waals surface area contributed by atoms with Crippen molar-refractivity contribution in [2.24, 2.45) is 5.92 Å². The fraction of sp³-hybridized carbons (Fsp3) is 0.600. The van der Waals surface area contributed by atoms with Crippen LogP contribution in [0.2, 0.25) is 0 Å². The molecule has 0 bridgehead atoms. The van der Waals surface area contributed by atoms with Crippen molar-refractivity contribution < 1.29 is 14.4 Å². The predicted molar refractivity (Wildman–Crippen MR) is 103 cm³/mol. The number of hydrogen-bond donors (Lipinski definition) is 0. The van der Waals surface area contributed by atoms with E-state index in [0.29, 0.717) is 0 Å². The molecule has 4 rings (SSSR count). The van der Waals surface area contributed by atoms with Crippen LogP contribution in [0.15, 0.2) is 24.5 Å². The second kappa shape index (κ2) is 7.87. The lowest BCUT2D eigenvalue weighted by atomic mass is 9.85. The normalized spacial score (nSPS) is 27.0. The average molecular weight is 385 g/mol. The van der Waals surface area contributed by atoms with Crippen molar-refractivity contribution in [1.82, 2.24) is 19.7 Å². The number of pyridine rings is 1. The summed E-state index contributed by atoms with van der Waals surface area (Å²) < 4.78 is 0. The molecule has 2 saturated heterocycles. The molecule has 3 fully saturated rings. The molecule has 1 saturated carbocycles. The van der Waals surface area contributed by atoms with Gasteiger partial charge in [-0.3, -0.25) is 24.4 Å². The van der Waals surface area contributed by atoms with Gasteiger partial charge in [0, 0.05) is 50.3 Å². The summed E-state index contributed by atoms with van der Waals surface area (Å²) in [6.07, 6.45) is 7.45. The molecule has 3 heterocycles. The lowest BCUT2D eigenvalue weighted by molar-refractivity contribution is -0.145. The molecule has 8 heteroatoms. The van der Waals surface area contributed by atoms with E-state index in [0.717, 1.165) is 62.4 Å². The van der Waals surface area contributed by atoms with Crippen molar-refractivity contribution in [3.8, 4) is 0 Å². The van der Waals surface area contributed by atoms with Crippen LogP contribution >= 0.6 is 0 Å². The highest BCUT2D eigenvalue weighted by Crippen LogP contribution is 2.31. The van der Waals surface area contributed by atoms with Crippen LogP contribution in [0.25, 0.3) is 0 Å². The Morgan fingerprint density at radius 1 is 0.964 bits per heavy atom. The van der Waals surface area contributed by atoms with Gasteiger partial charge in [-0.2, -0.15) is 0 Å². The molecule has 0 unspecified atom stereocenters. The van der Waals surface area contributed by atoms with Gasteiger partial charge in [-0.05, 0) is 30.9 Å². The van der Waals surface area contributed by atoms with Gasteiger partial charge < -0.3 is 4.90 Å². The highest BCUT2D eigenvalue weighted by atomic mass is 16.2. The molecule has 0 N–H and O–H groups in total. The molecule has 3 aliphatic rings. The zero-order valence-electron chi connectivity index (χ0n) is 16.3. The van der Waals surface area contributed by atoms with E-state index in [1.807, 2.05) is 12.1 Å². The minimum absolute atomic E-state index is 0.147. The van der Waals surface area contributed by atoms with Gasteiger partial charge in [0.2, 0.25) is 0 Å². The number of carbonyl (C=O) groups is 3. The van der Waals surface area contributed by atoms with Crippen molar-refractivity contribution in [1.29, 1.82) is 0 Å². The quantitative estimate of drug-likeness (QED) is 0.578. The maximum Gasteiger partial charge on any atom is 0.335 e. The van der Waals surface area contributed by atoms with Crippen LogP contribution in [-0.4, -0.2) is 76.4 Å². The second-order valence-corrected chi connectivity index (χ2v) is 7.97. The zero-order chi connectivity index (χ0) is 19.7. The Balaban J connectivity index is 1.38. The first-order valence-electron chi connectivity index (χ1n) is 10.1. The van der Waals surface area contributed by atoms with Crippen LogP contribution < -0.4 is 4.90 Å². The number of carbonyl (C=O) groups excluding carboxylic acids is 3. The second-order valence-electron chi connectivity index (χ2n) is 7.97. The van der Waals surface area contributed by atoms with Crippen LogP contribution in [0, 0.1) is 5.92 Å². The van der Waals surface area contributed by atoms with Gasteiger partial charge in [0.25, 0.3) is 0 Å². The summed E-state index contributed by atoms with van der Waals surface area (Å²) in [4.78, 5) is 48.7. The molecule has 2 atom stereocenters. The number of rotatable bonds is 4. The number of piperazine rings is 1. The predicted octanol–water partition coefficient (Wildman–Crippen LogP) is 1.53. The number of imide groups is 2. The lowest BCUT2D eigenvalue weighted by Gasteiger charge is -2.37. The van der Waals surface area contributed by atoms with Gasteiger partial charge in [0.15, 0.2) is 0 Å². The number of aromatic nitrogens is 1. The van der Waals surface area contributed by atoms with E-state index in [2.05, 4.69) is 21.7 Å². The number of amides is 4. The van der Waals surface area contributed by atoms with Gasteiger partial charge in [0.1, 0.15) is 0 Å². The van der Waals surface area contributed by atoms with E-state index >= 15 is 0 Å². The summed E-state index contributed by atoms with van der Waals surface area (Å²) in [7, 11) is 0. The monoisotopic (exact) mass is 385 g/mol. The minimum atomic E-state index is -0.681. The highest BCUT2D eigenvalue weighted by molar-refractivity contribution is 6.44. The van der Waals surface area contributed by atoms with E-state index in [4.69, 9.17) is 0 Å². The van der Waals surface area contributed by atoms with Crippen LogP contribution in [-0.2, 0) is 9.59 Å². The Hall–Kier alpha value is -2.48. The van der Waals surface area contributed by atoms with Gasteiger partial charge >= 0.3 is 17.8 Å². The summed E-state index contributed by atoms with van der Waals surface area (Å²) in [5.41, 5.74) is 1.12. The molecule has 150 valence electrons. The molecule has 8 nitrogen and oxygen atoms in total. The molecule has 1 aromatic rings. The summed E-state index contributed by atoms with van der Waals surface area (Å²) >= 11 is 0. The summed E-state index contributed by atoms with van der Waals surface area (Å²) in [5.74, 6) is -1.09. The van der Waals surface area contributed by atoms with Crippen molar-refractivity contribution in [3.05, 3.63) is 24.5 Å². The van der Waals surface area contributed by atoms with Crippen molar-refractivity contribution in [3.63, 3.8) is 0 Å². The molecule has 0 radical (unpaired) electrons. The number of hydrogen-bond acceptors (Lipinski definition) is 6. The first-order valence-corrected chi connectivity index (χ1v) is 10.1. The van der Waals surface area contributed by atoms with E-state index in [9.17, 15) is 14.4 Å². The zero-order valence-corrected chi connectivity index (χ0v) is 16.3. The minimum Gasteiger partial charge on any atom is -0.369 e. The Labute approximate surface area is 165 Å². The summed E-state index contributed by atoms with van der Waals surface area (Å²) in [6.45, 7) is 5.32. The third kappa shape index (κ3) is 3.48. The van der Waals surface area contributed by atoms with Crippen molar-refractivity contribution >= 4 is 23.5 Å². The topological polar surface area (TPSA) is 77.1 Å². The van der Waals surface area contributed by atoms with Crippen LogP contribution in [0.3, 0.4) is 0 Å². The molecule has 1 aliphatic carbocycles. The Morgan fingerprint density at radius 3 is 2.32 bits per heavy atom. The average Bonchev–Trinajstić information content (AvgIpc) is 2.93. The first-order chi connectivity index (χ1) is 13.6. The number of anilines is 1.